The minimum absolute atomic E-state index is 0.0616. The number of hydrogen-bond acceptors (Lipinski definition) is 7. The number of nitrogens with two attached hydrogens (primary N) is 2. The summed E-state index contributed by atoms with van der Waals surface area (Å²) in [5.41, 5.74) is 13.5. The van der Waals surface area contributed by atoms with Gasteiger partial charge in [0.1, 0.15) is 20.5 Å². The molecule has 0 unspecified atom stereocenters. The highest BCUT2D eigenvalue weighted by atomic mass is 35.5. The van der Waals surface area contributed by atoms with Crippen molar-refractivity contribution < 1.29 is 27.1 Å². The van der Waals surface area contributed by atoms with Gasteiger partial charge in [0.05, 0.1) is 22.9 Å². The molecule has 1 aliphatic heterocycles. The Morgan fingerprint density at radius 3 is 2.12 bits per heavy atom. The number of thiophene rings is 1. The fraction of sp³-hybridized carbons (Fsp3) is 0.294. The monoisotopic (exact) mass is 753 g/mol. The third kappa shape index (κ3) is 9.71. The standard InChI is InChI=1S/C27H28Cl3N3O5S2.C7H7F/c1-40(36,37)14-2-13-38-22-21(16-3-5-17(28)6-4-16)23(19-8-7-18(29)15-20(19)30)39-24(22)25(34)33-11-9-27(32,10-12-33)26(31)35;1-6-2-4-7(8)5-3-6/h3-8,15H,2,9-14,32H2,1H3,(H2,31,35);2-5H,1H3. The summed E-state index contributed by atoms with van der Waals surface area (Å²) in [6.45, 7) is 2.46. The van der Waals surface area contributed by atoms with E-state index in [1.165, 1.54) is 23.5 Å². The number of aryl methyl sites for hydroxylation is 1. The molecule has 0 saturated carbocycles. The number of nitrogens with zero attached hydrogens (tertiary/aromatic N) is 1. The van der Waals surface area contributed by atoms with Gasteiger partial charge in [-0.05, 0) is 68.1 Å². The minimum Gasteiger partial charge on any atom is -0.491 e. The molecule has 48 heavy (non-hydrogen) atoms. The number of sulfone groups is 1. The average Bonchev–Trinajstić information content (AvgIpc) is 3.40. The van der Waals surface area contributed by atoms with Crippen LogP contribution in [0.3, 0.4) is 0 Å². The molecule has 2 amide bonds. The predicted octanol–water partition coefficient (Wildman–Crippen LogP) is 7.41. The number of hydrogen-bond donors (Lipinski definition) is 2. The second kappa shape index (κ2) is 16.0. The Morgan fingerprint density at radius 2 is 1.58 bits per heavy atom. The van der Waals surface area contributed by atoms with Gasteiger partial charge >= 0.3 is 0 Å². The molecule has 1 saturated heterocycles. The summed E-state index contributed by atoms with van der Waals surface area (Å²) in [5, 5.41) is 1.38. The largest absolute Gasteiger partial charge is 0.491 e. The Bertz CT molecular complexity index is 1860. The molecule has 1 fully saturated rings. The first-order chi connectivity index (χ1) is 22.6. The normalized spacial score (nSPS) is 14.2. The highest BCUT2D eigenvalue weighted by Crippen LogP contribution is 2.50. The van der Waals surface area contributed by atoms with Crippen molar-refractivity contribution in [3.05, 3.63) is 98.1 Å². The van der Waals surface area contributed by atoms with E-state index in [0.717, 1.165) is 17.4 Å². The number of likely N-dealkylation sites (tertiary alicyclic amines) is 1. The van der Waals surface area contributed by atoms with E-state index in [2.05, 4.69) is 0 Å². The molecular formula is C34H35Cl3FN3O5S2. The minimum atomic E-state index is -3.20. The van der Waals surface area contributed by atoms with Gasteiger partial charge in [-0.1, -0.05) is 70.7 Å². The number of carbonyl (C=O) groups excluding carboxylic acids is 2. The van der Waals surface area contributed by atoms with Gasteiger partial charge in [0.2, 0.25) is 5.91 Å². The molecular weight excluding hydrogens is 720 g/mol. The van der Waals surface area contributed by atoms with E-state index in [0.29, 0.717) is 41.7 Å². The highest BCUT2D eigenvalue weighted by Gasteiger charge is 2.39. The molecule has 0 spiro atoms. The summed E-state index contributed by atoms with van der Waals surface area (Å²) >= 11 is 20.2. The number of amides is 2. The Balaban J connectivity index is 0.000000569. The summed E-state index contributed by atoms with van der Waals surface area (Å²) < 4.78 is 41.7. The van der Waals surface area contributed by atoms with Crippen LogP contribution in [0.15, 0.2) is 66.7 Å². The third-order valence-corrected chi connectivity index (χ3v) is 10.7. The van der Waals surface area contributed by atoms with Crippen LogP contribution in [0.1, 0.15) is 34.5 Å². The van der Waals surface area contributed by atoms with Gasteiger partial charge in [0.25, 0.3) is 5.91 Å². The fourth-order valence-electron chi connectivity index (χ4n) is 4.96. The van der Waals surface area contributed by atoms with Crippen molar-refractivity contribution in [3.63, 3.8) is 0 Å². The summed E-state index contributed by atoms with van der Waals surface area (Å²) in [6.07, 6.45) is 1.84. The first-order valence-corrected chi connectivity index (χ1v) is 18.9. The maximum absolute atomic E-state index is 13.9. The first kappa shape index (κ1) is 37.6. The maximum Gasteiger partial charge on any atom is 0.267 e. The second-order valence-electron chi connectivity index (χ2n) is 11.5. The lowest BCUT2D eigenvalue weighted by Gasteiger charge is -2.36. The van der Waals surface area contributed by atoms with Crippen molar-refractivity contribution in [3.8, 4) is 27.3 Å². The van der Waals surface area contributed by atoms with Crippen molar-refractivity contribution in [2.24, 2.45) is 11.5 Å². The van der Waals surface area contributed by atoms with Crippen LogP contribution in [0.25, 0.3) is 21.6 Å². The van der Waals surface area contributed by atoms with E-state index >= 15 is 0 Å². The van der Waals surface area contributed by atoms with E-state index in [4.69, 9.17) is 51.0 Å². The Morgan fingerprint density at radius 1 is 0.979 bits per heavy atom. The van der Waals surface area contributed by atoms with Gasteiger partial charge in [-0.3, -0.25) is 9.59 Å². The number of halogens is 4. The van der Waals surface area contributed by atoms with Crippen LogP contribution in [-0.2, 0) is 14.6 Å². The van der Waals surface area contributed by atoms with Gasteiger partial charge in [-0.15, -0.1) is 11.3 Å². The van der Waals surface area contributed by atoms with Crippen LogP contribution in [0, 0.1) is 12.7 Å². The molecule has 1 aromatic heterocycles. The van der Waals surface area contributed by atoms with E-state index in [1.54, 1.807) is 47.4 Å². The summed E-state index contributed by atoms with van der Waals surface area (Å²) in [4.78, 5) is 28.4. The lowest BCUT2D eigenvalue weighted by atomic mass is 9.88. The molecule has 3 aromatic carbocycles. The zero-order valence-corrected chi connectivity index (χ0v) is 30.2. The zero-order chi connectivity index (χ0) is 35.2. The molecule has 1 aliphatic rings. The van der Waals surface area contributed by atoms with Crippen molar-refractivity contribution in [1.82, 2.24) is 4.90 Å². The quantitative estimate of drug-likeness (QED) is 0.171. The molecule has 0 radical (unpaired) electrons. The van der Waals surface area contributed by atoms with E-state index in [1.807, 2.05) is 19.1 Å². The van der Waals surface area contributed by atoms with Crippen molar-refractivity contribution in [2.45, 2.75) is 31.7 Å². The number of piperidine rings is 1. The SMILES string of the molecule is CS(=O)(=O)CCCOc1c(C(=O)N2CCC(N)(C(N)=O)CC2)sc(-c2ccc(Cl)cc2Cl)c1-c1ccc(Cl)cc1.Cc1ccc(F)cc1. The van der Waals surface area contributed by atoms with Crippen LogP contribution < -0.4 is 16.2 Å². The van der Waals surface area contributed by atoms with Crippen LogP contribution in [0.5, 0.6) is 5.75 Å². The summed E-state index contributed by atoms with van der Waals surface area (Å²) in [5.74, 6) is -0.830. The van der Waals surface area contributed by atoms with Gasteiger partial charge in [0.15, 0.2) is 5.75 Å². The lowest BCUT2D eigenvalue weighted by Crippen LogP contribution is -2.58. The Hall–Kier alpha value is -3.19. The van der Waals surface area contributed by atoms with Crippen molar-refractivity contribution in [2.75, 3.05) is 31.7 Å². The molecule has 8 nitrogen and oxygen atoms in total. The number of carbonyl (C=O) groups is 2. The van der Waals surface area contributed by atoms with E-state index in [9.17, 15) is 22.4 Å². The molecule has 14 heteroatoms. The number of primary amides is 1. The molecule has 0 bridgehead atoms. The molecule has 256 valence electrons. The van der Waals surface area contributed by atoms with Crippen LogP contribution >= 0.6 is 46.1 Å². The van der Waals surface area contributed by atoms with Gasteiger partial charge in [-0.2, -0.15) is 0 Å². The van der Waals surface area contributed by atoms with Gasteiger partial charge in [-0.25, -0.2) is 12.8 Å². The van der Waals surface area contributed by atoms with Crippen LogP contribution in [-0.4, -0.2) is 62.4 Å². The number of ether oxygens (including phenoxy) is 1. The first-order valence-electron chi connectivity index (χ1n) is 14.9. The van der Waals surface area contributed by atoms with Crippen LogP contribution in [0.2, 0.25) is 15.1 Å². The van der Waals surface area contributed by atoms with Gasteiger partial charge in [0, 0.05) is 45.4 Å². The second-order valence-corrected chi connectivity index (χ2v) is 16.1. The molecule has 0 atom stereocenters. The fourth-order valence-corrected chi connectivity index (χ4v) is 7.57. The van der Waals surface area contributed by atoms with E-state index < -0.39 is 21.3 Å². The third-order valence-electron chi connectivity index (χ3n) is 7.72. The molecule has 4 aromatic rings. The molecule has 5 rings (SSSR count). The topological polar surface area (TPSA) is 133 Å². The van der Waals surface area contributed by atoms with E-state index in [-0.39, 0.29) is 56.4 Å². The molecule has 4 N–H and O–H groups in total. The molecule has 0 aliphatic carbocycles. The number of rotatable bonds is 9. The Labute approximate surface area is 298 Å². The van der Waals surface area contributed by atoms with Crippen molar-refractivity contribution >= 4 is 67.8 Å². The zero-order valence-electron chi connectivity index (χ0n) is 26.3. The molecule has 2 heterocycles. The highest BCUT2D eigenvalue weighted by molar-refractivity contribution is 7.90. The average molecular weight is 755 g/mol. The number of benzene rings is 3. The van der Waals surface area contributed by atoms with Crippen molar-refractivity contribution in [1.29, 1.82) is 0 Å². The lowest BCUT2D eigenvalue weighted by molar-refractivity contribution is -0.124. The predicted molar refractivity (Wildman–Crippen MR) is 192 cm³/mol. The van der Waals surface area contributed by atoms with Gasteiger partial charge < -0.3 is 21.1 Å². The maximum atomic E-state index is 13.9. The summed E-state index contributed by atoms with van der Waals surface area (Å²) in [6, 6.07) is 18.6. The Kier molecular flexibility index (Phi) is 12.6. The van der Waals surface area contributed by atoms with Crippen LogP contribution in [0.4, 0.5) is 4.39 Å². The summed E-state index contributed by atoms with van der Waals surface area (Å²) in [7, 11) is -3.20. The smallest absolute Gasteiger partial charge is 0.267 e.